The summed E-state index contributed by atoms with van der Waals surface area (Å²) in [6, 6.07) is 8.62. The number of guanidine groups is 1. The molecule has 7 heteroatoms. The van der Waals surface area contributed by atoms with Gasteiger partial charge in [0.1, 0.15) is 0 Å². The fraction of sp³-hybridized carbons (Fsp3) is 0.667. The molecule has 1 aromatic carbocycles. The average molecular weight is 519 g/mol. The Morgan fingerprint density at radius 1 is 1.32 bits per heavy atom. The van der Waals surface area contributed by atoms with Gasteiger partial charge in [-0.25, -0.2) is 0 Å². The molecule has 0 aromatic heterocycles. The summed E-state index contributed by atoms with van der Waals surface area (Å²) in [5, 5.41) is 17.1. The molecule has 158 valence electrons. The molecule has 2 unspecified atom stereocenters. The number of fused-ring (bicyclic) bond motifs is 1. The van der Waals surface area contributed by atoms with E-state index in [1.807, 2.05) is 11.8 Å². The summed E-state index contributed by atoms with van der Waals surface area (Å²) in [6.07, 6.45) is 3.19. The van der Waals surface area contributed by atoms with Gasteiger partial charge in [0.2, 0.25) is 0 Å². The molecule has 2 aliphatic rings. The van der Waals surface area contributed by atoms with Crippen LogP contribution in [0.2, 0.25) is 0 Å². The molecule has 3 N–H and O–H groups in total. The first kappa shape index (κ1) is 23.8. The number of hydrogen-bond acceptors (Lipinski definition) is 4. The van der Waals surface area contributed by atoms with Crippen LogP contribution in [0.25, 0.3) is 0 Å². The summed E-state index contributed by atoms with van der Waals surface area (Å²) in [5.74, 6) is 2.06. The van der Waals surface area contributed by atoms with Crippen LogP contribution in [0.3, 0.4) is 0 Å². The zero-order chi connectivity index (χ0) is 19.1. The van der Waals surface area contributed by atoms with Crippen molar-refractivity contribution in [2.24, 2.45) is 4.99 Å². The minimum atomic E-state index is -0.407. The standard InChI is InChI=1S/C21H34N4OS.HI/c1-3-22-20(24-16-21(2)10-6-12-27-21)23-13-19(26)15-25-11-9-17-7-4-5-8-18(17)14-25;/h4-5,7-8,19,26H,3,6,9-16H2,1-2H3,(H2,22,23,24);1H. The van der Waals surface area contributed by atoms with Crippen molar-refractivity contribution in [1.82, 2.24) is 15.5 Å². The van der Waals surface area contributed by atoms with Gasteiger partial charge < -0.3 is 15.7 Å². The third-order valence-corrected chi connectivity index (χ3v) is 6.92. The zero-order valence-electron chi connectivity index (χ0n) is 17.1. The fourth-order valence-electron chi connectivity index (χ4n) is 3.84. The van der Waals surface area contributed by atoms with Crippen molar-refractivity contribution < 1.29 is 5.11 Å². The number of aliphatic imine (C=N–C) groups is 1. The molecule has 2 heterocycles. The van der Waals surface area contributed by atoms with Gasteiger partial charge in [0.15, 0.2) is 5.96 Å². The van der Waals surface area contributed by atoms with E-state index in [0.29, 0.717) is 13.1 Å². The highest BCUT2D eigenvalue weighted by Gasteiger charge is 2.29. The van der Waals surface area contributed by atoms with Gasteiger partial charge in [0.25, 0.3) is 0 Å². The highest BCUT2D eigenvalue weighted by Crippen LogP contribution is 2.37. The van der Waals surface area contributed by atoms with Crippen LogP contribution in [-0.4, -0.2) is 65.3 Å². The molecular weight excluding hydrogens is 483 g/mol. The van der Waals surface area contributed by atoms with Crippen LogP contribution in [-0.2, 0) is 13.0 Å². The smallest absolute Gasteiger partial charge is 0.191 e. The first-order valence-electron chi connectivity index (χ1n) is 10.2. The van der Waals surface area contributed by atoms with Crippen LogP contribution in [0, 0.1) is 0 Å². The highest BCUT2D eigenvalue weighted by atomic mass is 127. The molecule has 2 atom stereocenters. The van der Waals surface area contributed by atoms with Crippen molar-refractivity contribution in [1.29, 1.82) is 0 Å². The molecule has 5 nitrogen and oxygen atoms in total. The van der Waals surface area contributed by atoms with Gasteiger partial charge in [-0.3, -0.25) is 9.89 Å². The number of halogens is 1. The molecule has 1 aromatic rings. The number of rotatable bonds is 7. The Bertz CT molecular complexity index is 637. The lowest BCUT2D eigenvalue weighted by Crippen LogP contribution is -2.45. The maximum absolute atomic E-state index is 10.5. The number of hydrogen-bond donors (Lipinski definition) is 3. The topological polar surface area (TPSA) is 59.9 Å². The van der Waals surface area contributed by atoms with Crippen LogP contribution >= 0.6 is 35.7 Å². The Hall–Kier alpha value is -0.510. The Kier molecular flexibility index (Phi) is 9.86. The lowest BCUT2D eigenvalue weighted by molar-refractivity contribution is 0.108. The van der Waals surface area contributed by atoms with E-state index in [1.54, 1.807) is 0 Å². The van der Waals surface area contributed by atoms with Gasteiger partial charge in [0.05, 0.1) is 12.6 Å². The van der Waals surface area contributed by atoms with E-state index in [0.717, 1.165) is 38.6 Å². The second-order valence-corrected chi connectivity index (χ2v) is 9.57. The van der Waals surface area contributed by atoms with Gasteiger partial charge in [-0.05, 0) is 50.0 Å². The van der Waals surface area contributed by atoms with E-state index < -0.39 is 6.10 Å². The number of thioether (sulfide) groups is 1. The number of benzene rings is 1. The molecule has 0 saturated carbocycles. The third kappa shape index (κ3) is 7.07. The molecule has 0 spiro atoms. The van der Waals surface area contributed by atoms with E-state index in [-0.39, 0.29) is 28.7 Å². The van der Waals surface area contributed by atoms with Crippen molar-refractivity contribution in [3.63, 3.8) is 0 Å². The first-order valence-corrected chi connectivity index (χ1v) is 11.2. The minimum Gasteiger partial charge on any atom is -0.390 e. The summed E-state index contributed by atoms with van der Waals surface area (Å²) >= 11 is 2.03. The van der Waals surface area contributed by atoms with E-state index in [4.69, 9.17) is 4.99 Å². The number of aliphatic hydroxyl groups excluding tert-OH is 1. The van der Waals surface area contributed by atoms with Crippen molar-refractivity contribution >= 4 is 41.7 Å². The van der Waals surface area contributed by atoms with Crippen LogP contribution in [0.5, 0.6) is 0 Å². The quantitative estimate of drug-likeness (QED) is 0.295. The van der Waals surface area contributed by atoms with Gasteiger partial charge in [-0.2, -0.15) is 11.8 Å². The maximum atomic E-state index is 10.5. The first-order chi connectivity index (χ1) is 13.1. The van der Waals surface area contributed by atoms with E-state index in [1.165, 1.54) is 29.7 Å². The predicted octanol–water partition coefficient (Wildman–Crippen LogP) is 2.86. The Labute approximate surface area is 191 Å². The SMILES string of the molecule is CCNC(=NCC1(C)CCCS1)NCC(O)CN1CCc2ccccc2C1.I. The minimum absolute atomic E-state index is 0. The van der Waals surface area contributed by atoms with E-state index in [2.05, 4.69) is 53.6 Å². The molecule has 0 radical (unpaired) electrons. The molecule has 1 saturated heterocycles. The molecule has 0 amide bonds. The van der Waals surface area contributed by atoms with Crippen molar-refractivity contribution in [2.75, 3.05) is 38.5 Å². The number of nitrogens with zero attached hydrogens (tertiary/aromatic N) is 2. The van der Waals surface area contributed by atoms with Crippen molar-refractivity contribution in [2.45, 2.75) is 50.5 Å². The van der Waals surface area contributed by atoms with Crippen LogP contribution in [0.15, 0.2) is 29.3 Å². The molecule has 3 rings (SSSR count). The van der Waals surface area contributed by atoms with Gasteiger partial charge in [0, 0.05) is 37.5 Å². The second-order valence-electron chi connectivity index (χ2n) is 7.89. The molecule has 0 bridgehead atoms. The van der Waals surface area contributed by atoms with Crippen molar-refractivity contribution in [3.05, 3.63) is 35.4 Å². The molecular formula is C21H35IN4OS. The van der Waals surface area contributed by atoms with E-state index >= 15 is 0 Å². The molecule has 2 aliphatic heterocycles. The molecule has 28 heavy (non-hydrogen) atoms. The van der Waals surface area contributed by atoms with Crippen LogP contribution in [0.1, 0.15) is 37.8 Å². The lowest BCUT2D eigenvalue weighted by Gasteiger charge is -2.30. The second kappa shape index (κ2) is 11.6. The predicted molar refractivity (Wildman–Crippen MR) is 131 cm³/mol. The fourth-order valence-corrected chi connectivity index (χ4v) is 5.06. The third-order valence-electron chi connectivity index (χ3n) is 5.40. The van der Waals surface area contributed by atoms with Crippen LogP contribution in [0.4, 0.5) is 0 Å². The Morgan fingerprint density at radius 2 is 2.11 bits per heavy atom. The summed E-state index contributed by atoms with van der Waals surface area (Å²) < 4.78 is 0.266. The van der Waals surface area contributed by atoms with Gasteiger partial charge in [-0.15, -0.1) is 24.0 Å². The van der Waals surface area contributed by atoms with E-state index in [9.17, 15) is 5.11 Å². The van der Waals surface area contributed by atoms with Crippen LogP contribution < -0.4 is 10.6 Å². The maximum Gasteiger partial charge on any atom is 0.191 e. The zero-order valence-corrected chi connectivity index (χ0v) is 20.3. The number of β-amino-alcohol motifs (C(OH)–C–C–N with tert-alkyl or cyclic N) is 1. The summed E-state index contributed by atoms with van der Waals surface area (Å²) in [6.45, 7) is 9.18. The lowest BCUT2D eigenvalue weighted by atomic mass is 10.00. The average Bonchev–Trinajstić information content (AvgIpc) is 3.11. The van der Waals surface area contributed by atoms with Gasteiger partial charge >= 0.3 is 0 Å². The summed E-state index contributed by atoms with van der Waals surface area (Å²) in [4.78, 5) is 7.11. The summed E-state index contributed by atoms with van der Waals surface area (Å²) in [5.41, 5.74) is 2.84. The monoisotopic (exact) mass is 518 g/mol. The summed E-state index contributed by atoms with van der Waals surface area (Å²) in [7, 11) is 0. The van der Waals surface area contributed by atoms with Crippen molar-refractivity contribution in [3.8, 4) is 0 Å². The Balaban J connectivity index is 0.00000280. The highest BCUT2D eigenvalue weighted by molar-refractivity contribution is 14.0. The normalized spacial score (nSPS) is 23.6. The molecule has 1 fully saturated rings. The van der Waals surface area contributed by atoms with Gasteiger partial charge in [-0.1, -0.05) is 24.3 Å². The molecule has 0 aliphatic carbocycles. The number of nitrogens with one attached hydrogen (secondary N) is 2. The largest absolute Gasteiger partial charge is 0.390 e. The number of aliphatic hydroxyl groups is 1. The Morgan fingerprint density at radius 3 is 2.82 bits per heavy atom.